The van der Waals surface area contributed by atoms with Crippen molar-refractivity contribution in [3.8, 4) is 0 Å². The second-order valence-electron chi connectivity index (χ2n) is 6.81. The van der Waals surface area contributed by atoms with Gasteiger partial charge in [0, 0.05) is 17.1 Å². The predicted molar refractivity (Wildman–Crippen MR) is 107 cm³/mol. The van der Waals surface area contributed by atoms with E-state index in [-0.39, 0.29) is 0 Å². The summed E-state index contributed by atoms with van der Waals surface area (Å²) < 4.78 is 1.08. The van der Waals surface area contributed by atoms with Crippen LogP contribution in [-0.2, 0) is 0 Å². The lowest BCUT2D eigenvalue weighted by Crippen LogP contribution is -2.23. The van der Waals surface area contributed by atoms with E-state index in [0.29, 0.717) is 6.04 Å². The van der Waals surface area contributed by atoms with Crippen LogP contribution in [-0.4, -0.2) is 26.2 Å². The number of anilines is 3. The van der Waals surface area contributed by atoms with Gasteiger partial charge in [-0.2, -0.15) is 10.1 Å². The first-order valence-electron chi connectivity index (χ1n) is 9.07. The van der Waals surface area contributed by atoms with Crippen LogP contribution in [0.3, 0.4) is 0 Å². The summed E-state index contributed by atoms with van der Waals surface area (Å²) in [6.45, 7) is 0. The van der Waals surface area contributed by atoms with Gasteiger partial charge < -0.3 is 10.6 Å². The van der Waals surface area contributed by atoms with Crippen LogP contribution in [0.15, 0.2) is 35.8 Å². The molecule has 4 aromatic rings. The fraction of sp³-hybridized carbons (Fsp3) is 0.316. The zero-order valence-corrected chi connectivity index (χ0v) is 15.1. The summed E-state index contributed by atoms with van der Waals surface area (Å²) in [4.78, 5) is 9.49. The van der Waals surface area contributed by atoms with Crippen molar-refractivity contribution in [1.82, 2.24) is 20.2 Å². The van der Waals surface area contributed by atoms with Crippen LogP contribution < -0.4 is 10.6 Å². The van der Waals surface area contributed by atoms with E-state index in [1.807, 2.05) is 18.3 Å². The summed E-state index contributed by atoms with van der Waals surface area (Å²) in [5.41, 5.74) is 3.00. The standard InChI is InChI=1S/C19H20N6S/c1-2-4-13(5-3-1)22-19-23-16-8-9-26-17(16)18(24-19)21-14-6-7-15-12(10-14)11-20-25-15/h6-11,13H,1-5H2,(H,20,25)(H2,21,22,23,24). The summed E-state index contributed by atoms with van der Waals surface area (Å²) in [7, 11) is 0. The van der Waals surface area contributed by atoms with Gasteiger partial charge in [0.1, 0.15) is 0 Å². The van der Waals surface area contributed by atoms with Crippen LogP contribution >= 0.6 is 11.3 Å². The third kappa shape index (κ3) is 2.99. The van der Waals surface area contributed by atoms with Crippen LogP contribution in [0.2, 0.25) is 0 Å². The SMILES string of the molecule is c1cc2nc(NC3CCCCC3)nc(Nc3ccc4[nH]ncc4c3)c2s1. The number of nitrogens with zero attached hydrogens (tertiary/aromatic N) is 3. The molecule has 3 heterocycles. The Kier molecular flexibility index (Phi) is 3.93. The molecule has 132 valence electrons. The van der Waals surface area contributed by atoms with Gasteiger partial charge in [0.05, 0.1) is 21.9 Å². The number of fused-ring (bicyclic) bond motifs is 2. The van der Waals surface area contributed by atoms with Crippen molar-refractivity contribution in [3.05, 3.63) is 35.8 Å². The Morgan fingerprint density at radius 1 is 1.08 bits per heavy atom. The molecule has 0 amide bonds. The highest BCUT2D eigenvalue weighted by Gasteiger charge is 2.16. The number of aromatic nitrogens is 4. The lowest BCUT2D eigenvalue weighted by Gasteiger charge is -2.23. The molecule has 26 heavy (non-hydrogen) atoms. The molecule has 1 aromatic carbocycles. The molecule has 7 heteroatoms. The van der Waals surface area contributed by atoms with Crippen molar-refractivity contribution in [3.63, 3.8) is 0 Å². The molecule has 1 fully saturated rings. The number of thiophene rings is 1. The zero-order chi connectivity index (χ0) is 17.3. The van der Waals surface area contributed by atoms with Gasteiger partial charge in [-0.05, 0) is 42.5 Å². The predicted octanol–water partition coefficient (Wildman–Crippen LogP) is 5.06. The molecule has 0 bridgehead atoms. The van der Waals surface area contributed by atoms with E-state index in [9.17, 15) is 0 Å². The van der Waals surface area contributed by atoms with E-state index in [4.69, 9.17) is 9.97 Å². The molecule has 3 aromatic heterocycles. The van der Waals surface area contributed by atoms with E-state index in [1.165, 1.54) is 32.1 Å². The quantitative estimate of drug-likeness (QED) is 0.472. The molecule has 0 saturated heterocycles. The molecule has 0 aliphatic heterocycles. The number of benzene rings is 1. The van der Waals surface area contributed by atoms with Crippen LogP contribution in [0.1, 0.15) is 32.1 Å². The highest BCUT2D eigenvalue weighted by Crippen LogP contribution is 2.31. The monoisotopic (exact) mass is 364 g/mol. The van der Waals surface area contributed by atoms with Crippen molar-refractivity contribution in [2.24, 2.45) is 0 Å². The Bertz CT molecular complexity index is 1050. The maximum Gasteiger partial charge on any atom is 0.225 e. The third-order valence-electron chi connectivity index (χ3n) is 4.94. The molecular weight excluding hydrogens is 344 g/mol. The number of aromatic amines is 1. The van der Waals surface area contributed by atoms with E-state index in [0.717, 1.165) is 38.6 Å². The van der Waals surface area contributed by atoms with Gasteiger partial charge in [-0.15, -0.1) is 11.3 Å². The van der Waals surface area contributed by atoms with Crippen molar-refractivity contribution in [2.75, 3.05) is 10.6 Å². The normalized spacial score (nSPS) is 15.5. The van der Waals surface area contributed by atoms with Gasteiger partial charge in [-0.3, -0.25) is 5.10 Å². The topological polar surface area (TPSA) is 78.5 Å². The zero-order valence-electron chi connectivity index (χ0n) is 14.3. The van der Waals surface area contributed by atoms with Gasteiger partial charge in [0.2, 0.25) is 5.95 Å². The van der Waals surface area contributed by atoms with Gasteiger partial charge in [-0.25, -0.2) is 4.98 Å². The Hall–Kier alpha value is -2.67. The van der Waals surface area contributed by atoms with Gasteiger partial charge in [-0.1, -0.05) is 19.3 Å². The summed E-state index contributed by atoms with van der Waals surface area (Å²) in [6, 6.07) is 8.68. The summed E-state index contributed by atoms with van der Waals surface area (Å²) in [5, 5.41) is 17.2. The minimum Gasteiger partial charge on any atom is -0.351 e. The van der Waals surface area contributed by atoms with Crippen LogP contribution in [0.4, 0.5) is 17.5 Å². The van der Waals surface area contributed by atoms with Crippen LogP contribution in [0, 0.1) is 0 Å². The van der Waals surface area contributed by atoms with E-state index < -0.39 is 0 Å². The van der Waals surface area contributed by atoms with Gasteiger partial charge >= 0.3 is 0 Å². The lowest BCUT2D eigenvalue weighted by molar-refractivity contribution is 0.461. The number of nitrogens with one attached hydrogen (secondary N) is 3. The summed E-state index contributed by atoms with van der Waals surface area (Å²) in [5.74, 6) is 1.57. The Balaban J connectivity index is 1.47. The first-order valence-corrected chi connectivity index (χ1v) is 9.95. The molecule has 1 saturated carbocycles. The number of hydrogen-bond donors (Lipinski definition) is 3. The summed E-state index contributed by atoms with van der Waals surface area (Å²) >= 11 is 1.66. The third-order valence-corrected chi connectivity index (χ3v) is 5.86. The van der Waals surface area contributed by atoms with Crippen molar-refractivity contribution >= 4 is 49.9 Å². The molecule has 6 nitrogen and oxygen atoms in total. The number of hydrogen-bond acceptors (Lipinski definition) is 6. The molecule has 0 atom stereocenters. The molecule has 5 rings (SSSR count). The van der Waals surface area contributed by atoms with Crippen molar-refractivity contribution in [1.29, 1.82) is 0 Å². The fourth-order valence-electron chi connectivity index (χ4n) is 3.60. The largest absolute Gasteiger partial charge is 0.351 e. The van der Waals surface area contributed by atoms with E-state index in [2.05, 4.69) is 38.3 Å². The number of rotatable bonds is 4. The highest BCUT2D eigenvalue weighted by atomic mass is 32.1. The highest BCUT2D eigenvalue weighted by molar-refractivity contribution is 7.17. The first-order chi connectivity index (χ1) is 12.8. The average Bonchev–Trinajstić information content (AvgIpc) is 3.31. The maximum absolute atomic E-state index is 4.78. The van der Waals surface area contributed by atoms with Crippen LogP contribution in [0.25, 0.3) is 21.1 Å². The second kappa shape index (κ2) is 6.57. The minimum atomic E-state index is 0.481. The molecule has 0 radical (unpaired) electrons. The molecule has 0 spiro atoms. The van der Waals surface area contributed by atoms with E-state index in [1.54, 1.807) is 11.3 Å². The maximum atomic E-state index is 4.78. The Morgan fingerprint density at radius 3 is 2.92 bits per heavy atom. The summed E-state index contributed by atoms with van der Waals surface area (Å²) in [6.07, 6.45) is 8.14. The Labute approximate surface area is 155 Å². The van der Waals surface area contributed by atoms with Crippen molar-refractivity contribution < 1.29 is 0 Å². The molecule has 0 unspecified atom stereocenters. The van der Waals surface area contributed by atoms with Gasteiger partial charge in [0.15, 0.2) is 5.82 Å². The molecule has 1 aliphatic rings. The minimum absolute atomic E-state index is 0.481. The lowest BCUT2D eigenvalue weighted by atomic mass is 9.96. The fourth-order valence-corrected chi connectivity index (χ4v) is 4.38. The molecular formula is C19H20N6S. The van der Waals surface area contributed by atoms with Gasteiger partial charge in [0.25, 0.3) is 0 Å². The Morgan fingerprint density at radius 2 is 2.00 bits per heavy atom. The van der Waals surface area contributed by atoms with Crippen LogP contribution in [0.5, 0.6) is 0 Å². The molecule has 3 N–H and O–H groups in total. The van der Waals surface area contributed by atoms with Crippen molar-refractivity contribution in [2.45, 2.75) is 38.1 Å². The number of H-pyrrole nitrogens is 1. The molecule has 1 aliphatic carbocycles. The second-order valence-corrected chi connectivity index (χ2v) is 7.72. The first kappa shape index (κ1) is 15.6. The van der Waals surface area contributed by atoms with E-state index >= 15 is 0 Å². The average molecular weight is 364 g/mol. The smallest absolute Gasteiger partial charge is 0.225 e.